The number of para-hydroxylation sites is 2. The number of nitrogens with zero attached hydrogens (tertiary/aromatic N) is 1. The number of alkyl halides is 3. The molecule has 0 aliphatic rings. The molecular formula is C13H17Cl3N4O2S. The molecule has 0 aliphatic carbocycles. The smallest absolute Gasteiger partial charge is 0.318 e. The van der Waals surface area contributed by atoms with Crippen LogP contribution < -0.4 is 20.7 Å². The predicted octanol–water partition coefficient (Wildman–Crippen LogP) is 2.95. The van der Waals surface area contributed by atoms with Gasteiger partial charge in [0.15, 0.2) is 11.3 Å². The zero-order chi connectivity index (χ0) is 17.6. The highest BCUT2D eigenvalue weighted by Crippen LogP contribution is 2.29. The fraction of sp³-hybridized carbons (Fsp3) is 0.385. The second-order valence-corrected chi connectivity index (χ2v) is 7.39. The van der Waals surface area contributed by atoms with Crippen LogP contribution in [0.3, 0.4) is 0 Å². The van der Waals surface area contributed by atoms with Gasteiger partial charge >= 0.3 is 6.03 Å². The molecule has 0 aliphatic heterocycles. The zero-order valence-electron chi connectivity index (χ0n) is 12.7. The lowest BCUT2D eigenvalue weighted by Gasteiger charge is -2.29. The molecule has 128 valence electrons. The molecule has 0 saturated heterocycles. The predicted molar refractivity (Wildman–Crippen MR) is 98.6 cm³/mol. The van der Waals surface area contributed by atoms with Crippen LogP contribution in [-0.2, 0) is 0 Å². The maximum atomic E-state index is 11.8. The van der Waals surface area contributed by atoms with E-state index in [4.69, 9.17) is 51.8 Å². The number of benzene rings is 1. The van der Waals surface area contributed by atoms with E-state index in [1.165, 1.54) is 4.90 Å². The Morgan fingerprint density at radius 1 is 1.26 bits per heavy atom. The monoisotopic (exact) mass is 398 g/mol. The van der Waals surface area contributed by atoms with Crippen molar-refractivity contribution < 1.29 is 9.53 Å². The van der Waals surface area contributed by atoms with Gasteiger partial charge in [-0.2, -0.15) is 0 Å². The van der Waals surface area contributed by atoms with E-state index in [2.05, 4.69) is 16.0 Å². The van der Waals surface area contributed by atoms with Crippen molar-refractivity contribution in [3.63, 3.8) is 0 Å². The molecule has 0 heterocycles. The molecule has 0 bridgehead atoms. The number of nitrogens with one attached hydrogen (secondary N) is 3. The molecule has 1 unspecified atom stereocenters. The number of carbonyl (C=O) groups is 1. The molecule has 23 heavy (non-hydrogen) atoms. The number of thiocarbonyl (C=S) groups is 1. The Morgan fingerprint density at radius 2 is 1.87 bits per heavy atom. The van der Waals surface area contributed by atoms with E-state index in [9.17, 15) is 4.79 Å². The third kappa shape index (κ3) is 6.47. The van der Waals surface area contributed by atoms with Gasteiger partial charge in [-0.1, -0.05) is 46.9 Å². The largest absolute Gasteiger partial charge is 0.495 e. The first-order valence-electron chi connectivity index (χ1n) is 6.40. The van der Waals surface area contributed by atoms with Crippen molar-refractivity contribution in [3.8, 4) is 5.75 Å². The molecule has 0 saturated carbocycles. The van der Waals surface area contributed by atoms with Crippen LogP contribution in [0.5, 0.6) is 5.75 Å². The van der Waals surface area contributed by atoms with Crippen LogP contribution >= 0.6 is 47.0 Å². The first kappa shape index (κ1) is 19.9. The van der Waals surface area contributed by atoms with Crippen LogP contribution in [0, 0.1) is 0 Å². The molecule has 1 rings (SSSR count). The number of rotatable bonds is 4. The van der Waals surface area contributed by atoms with Crippen molar-refractivity contribution in [1.82, 2.24) is 15.5 Å². The Hall–Kier alpha value is -1.15. The lowest BCUT2D eigenvalue weighted by molar-refractivity contribution is 0.212. The first-order valence-corrected chi connectivity index (χ1v) is 7.94. The number of anilines is 1. The van der Waals surface area contributed by atoms with E-state index in [-0.39, 0.29) is 5.11 Å². The maximum Gasteiger partial charge on any atom is 0.318 e. The van der Waals surface area contributed by atoms with Crippen LogP contribution in [0.25, 0.3) is 0 Å². The Morgan fingerprint density at radius 3 is 2.39 bits per heavy atom. The molecule has 0 spiro atoms. The average molecular weight is 400 g/mol. The minimum absolute atomic E-state index is 0.157. The number of hydrogen-bond donors (Lipinski definition) is 3. The number of amides is 2. The van der Waals surface area contributed by atoms with Gasteiger partial charge in [-0.25, -0.2) is 4.79 Å². The second kappa shape index (κ2) is 8.63. The molecule has 0 fully saturated rings. The van der Waals surface area contributed by atoms with E-state index >= 15 is 0 Å². The normalized spacial score (nSPS) is 12.1. The molecule has 1 aromatic carbocycles. The Kier molecular flexibility index (Phi) is 7.47. The number of carbonyl (C=O) groups excluding carboxylic acids is 1. The Balaban J connectivity index is 2.79. The molecule has 0 radical (unpaired) electrons. The second-order valence-electron chi connectivity index (χ2n) is 4.62. The van der Waals surface area contributed by atoms with E-state index in [0.29, 0.717) is 11.4 Å². The molecule has 1 aromatic rings. The number of halogens is 3. The third-order valence-corrected chi connectivity index (χ3v) is 3.51. The summed E-state index contributed by atoms with van der Waals surface area (Å²) in [6.45, 7) is 0. The van der Waals surface area contributed by atoms with Crippen molar-refractivity contribution in [2.24, 2.45) is 0 Å². The summed E-state index contributed by atoms with van der Waals surface area (Å²) in [5.41, 5.74) is 0.634. The van der Waals surface area contributed by atoms with Gasteiger partial charge in [0.2, 0.25) is 3.79 Å². The molecule has 10 heteroatoms. The maximum absolute atomic E-state index is 11.8. The molecule has 1 atom stereocenters. The Bertz CT molecular complexity index is 566. The van der Waals surface area contributed by atoms with Gasteiger partial charge in [-0.05, 0) is 24.4 Å². The van der Waals surface area contributed by atoms with Gasteiger partial charge in [-0.3, -0.25) is 0 Å². The Labute approximate surface area is 155 Å². The summed E-state index contributed by atoms with van der Waals surface area (Å²) in [6.07, 6.45) is -1.03. The topological polar surface area (TPSA) is 65.6 Å². The van der Waals surface area contributed by atoms with Gasteiger partial charge < -0.3 is 25.6 Å². The number of urea groups is 1. The zero-order valence-corrected chi connectivity index (χ0v) is 15.8. The van der Waals surface area contributed by atoms with Crippen molar-refractivity contribution in [2.45, 2.75) is 9.96 Å². The SMILES string of the molecule is COc1ccccc1NC(=S)NC(NC(=O)N(C)C)C(Cl)(Cl)Cl. The average Bonchev–Trinajstić information content (AvgIpc) is 2.45. The van der Waals surface area contributed by atoms with E-state index in [1.807, 2.05) is 12.1 Å². The van der Waals surface area contributed by atoms with Crippen LogP contribution in [0.15, 0.2) is 24.3 Å². The van der Waals surface area contributed by atoms with Crippen LogP contribution in [-0.4, -0.2) is 47.2 Å². The fourth-order valence-electron chi connectivity index (χ4n) is 1.49. The van der Waals surface area contributed by atoms with Crippen molar-refractivity contribution in [3.05, 3.63) is 24.3 Å². The van der Waals surface area contributed by atoms with E-state index in [0.717, 1.165) is 0 Å². The fourth-order valence-corrected chi connectivity index (χ4v) is 2.04. The quantitative estimate of drug-likeness (QED) is 0.413. The summed E-state index contributed by atoms with van der Waals surface area (Å²) in [5.74, 6) is 0.597. The standard InChI is InChI=1S/C13H17Cl3N4O2S/c1-20(2)12(21)19-10(13(14,15)16)18-11(23)17-8-6-4-5-7-9(8)22-3/h4-7,10H,1-3H3,(H,19,21)(H2,17,18,23). The van der Waals surface area contributed by atoms with Crippen molar-refractivity contribution >= 4 is 63.9 Å². The molecule has 0 aromatic heterocycles. The lowest BCUT2D eigenvalue weighted by Crippen LogP contribution is -2.57. The summed E-state index contributed by atoms with van der Waals surface area (Å²) < 4.78 is 3.40. The van der Waals surface area contributed by atoms with Gasteiger partial charge in [0.25, 0.3) is 0 Å². The van der Waals surface area contributed by atoms with Crippen LogP contribution in [0.1, 0.15) is 0 Å². The van der Waals surface area contributed by atoms with Crippen LogP contribution in [0.2, 0.25) is 0 Å². The summed E-state index contributed by atoms with van der Waals surface area (Å²) in [5, 5.41) is 8.35. The van der Waals surface area contributed by atoms with Gasteiger partial charge in [0.05, 0.1) is 12.8 Å². The van der Waals surface area contributed by atoms with Crippen molar-refractivity contribution in [2.75, 3.05) is 26.5 Å². The number of methoxy groups -OCH3 is 1. The third-order valence-electron chi connectivity index (χ3n) is 2.63. The van der Waals surface area contributed by atoms with Gasteiger partial charge in [0.1, 0.15) is 5.75 Å². The van der Waals surface area contributed by atoms with Gasteiger partial charge in [-0.15, -0.1) is 0 Å². The molecule has 6 nitrogen and oxygen atoms in total. The highest BCUT2D eigenvalue weighted by atomic mass is 35.6. The minimum atomic E-state index is -1.81. The van der Waals surface area contributed by atoms with Gasteiger partial charge in [0, 0.05) is 14.1 Å². The van der Waals surface area contributed by atoms with Crippen LogP contribution in [0.4, 0.5) is 10.5 Å². The highest BCUT2D eigenvalue weighted by molar-refractivity contribution is 7.80. The summed E-state index contributed by atoms with van der Waals surface area (Å²) in [6, 6.07) is 6.74. The van der Waals surface area contributed by atoms with E-state index in [1.54, 1.807) is 33.3 Å². The summed E-state index contributed by atoms with van der Waals surface area (Å²) in [4.78, 5) is 13.1. The highest BCUT2D eigenvalue weighted by Gasteiger charge is 2.35. The van der Waals surface area contributed by atoms with Crippen molar-refractivity contribution in [1.29, 1.82) is 0 Å². The molecular weight excluding hydrogens is 383 g/mol. The molecule has 2 amide bonds. The number of ether oxygens (including phenoxy) is 1. The molecule has 3 N–H and O–H groups in total. The number of hydrogen-bond acceptors (Lipinski definition) is 3. The minimum Gasteiger partial charge on any atom is -0.495 e. The first-order chi connectivity index (χ1) is 10.6. The summed E-state index contributed by atoms with van der Waals surface area (Å²) in [7, 11) is 4.67. The lowest BCUT2D eigenvalue weighted by atomic mass is 10.3. The summed E-state index contributed by atoms with van der Waals surface area (Å²) >= 11 is 22.8. The van der Waals surface area contributed by atoms with E-state index < -0.39 is 16.0 Å².